The Morgan fingerprint density at radius 3 is 1.67 bits per heavy atom. The van der Waals surface area contributed by atoms with Gasteiger partial charge in [-0.05, 0) is 0 Å². The van der Waals surface area contributed by atoms with Gasteiger partial charge in [0, 0.05) is 0 Å². The molecule has 0 saturated carbocycles. The predicted molar refractivity (Wildman–Crippen MR) is 45.2 cm³/mol. The third kappa shape index (κ3) is 8.88. The van der Waals surface area contributed by atoms with Gasteiger partial charge in [0.05, 0.1) is 0 Å². The summed E-state index contributed by atoms with van der Waals surface area (Å²) in [6, 6.07) is 0. The van der Waals surface area contributed by atoms with Crippen LogP contribution in [0.15, 0.2) is 0 Å². The van der Waals surface area contributed by atoms with Gasteiger partial charge in [0.25, 0.3) is 0 Å². The first-order valence-electron chi connectivity index (χ1n) is 4.05. The van der Waals surface area contributed by atoms with Gasteiger partial charge < -0.3 is 0 Å². The fourth-order valence-corrected chi connectivity index (χ4v) is 5.72. The molecule has 0 bridgehead atoms. The van der Waals surface area contributed by atoms with Gasteiger partial charge in [0.15, 0.2) is 0 Å². The Balaban J connectivity index is 2.60. The molecule has 0 aliphatic rings. The van der Waals surface area contributed by atoms with Gasteiger partial charge in [-0.15, -0.1) is 0 Å². The van der Waals surface area contributed by atoms with E-state index in [1.165, 1.54) is 25.7 Å². The van der Waals surface area contributed by atoms with Gasteiger partial charge in [0.1, 0.15) is 0 Å². The van der Waals surface area contributed by atoms with Gasteiger partial charge in [-0.25, -0.2) is 0 Å². The Morgan fingerprint density at radius 1 is 0.889 bits per heavy atom. The van der Waals surface area contributed by atoms with Crippen molar-refractivity contribution < 1.29 is 0 Å². The molecule has 0 aliphatic carbocycles. The molecule has 0 amide bonds. The Morgan fingerprint density at radius 2 is 1.33 bits per heavy atom. The second-order valence-corrected chi connectivity index (χ2v) is 7.59. The molecule has 54 valence electrons. The normalized spacial score (nSPS) is 10.0. The topological polar surface area (TPSA) is 0 Å². The molecule has 0 fully saturated rings. The van der Waals surface area contributed by atoms with Crippen LogP contribution in [0.5, 0.6) is 0 Å². The molecule has 0 saturated heterocycles. The van der Waals surface area contributed by atoms with E-state index in [-0.39, 0.29) is 23.2 Å². The Labute approximate surface area is 71.0 Å². The molecule has 0 aromatic rings. The summed E-state index contributed by atoms with van der Waals surface area (Å²) in [5, 5.41) is 0. The van der Waals surface area contributed by atoms with Crippen LogP contribution in [-0.2, 0) is 0 Å². The zero-order valence-electron chi connectivity index (χ0n) is 6.69. The van der Waals surface area contributed by atoms with Crippen molar-refractivity contribution in [2.24, 2.45) is 0 Å². The third-order valence-corrected chi connectivity index (χ3v) is 6.26. The molecule has 2 radical (unpaired) electrons. The SMILES string of the molecule is CCC[CH2][Bi+][CH2]CCC. The van der Waals surface area contributed by atoms with E-state index in [0.717, 1.165) is 0 Å². The predicted octanol–water partition coefficient (Wildman–Crippen LogP) is 3.13. The van der Waals surface area contributed by atoms with Gasteiger partial charge in [-0.1, -0.05) is 0 Å². The zero-order chi connectivity index (χ0) is 6.95. The fraction of sp³-hybridized carbons (Fsp3) is 1.00. The Hall–Kier alpha value is 0.883. The van der Waals surface area contributed by atoms with Crippen LogP contribution in [0, 0.1) is 0 Å². The zero-order valence-corrected chi connectivity index (χ0v) is 10.2. The van der Waals surface area contributed by atoms with Crippen molar-refractivity contribution in [3.63, 3.8) is 0 Å². The quantitative estimate of drug-likeness (QED) is 0.520. The molecule has 1 heteroatoms. The van der Waals surface area contributed by atoms with E-state index in [0.29, 0.717) is 0 Å². The van der Waals surface area contributed by atoms with Crippen LogP contribution in [0.3, 0.4) is 0 Å². The summed E-state index contributed by atoms with van der Waals surface area (Å²) < 4.78 is 3.27. The van der Waals surface area contributed by atoms with E-state index < -0.39 is 0 Å². The number of unbranched alkanes of at least 4 members (excludes halogenated alkanes) is 2. The van der Waals surface area contributed by atoms with Crippen molar-refractivity contribution in [1.82, 2.24) is 0 Å². The first kappa shape index (κ1) is 9.88. The molecule has 0 aromatic carbocycles. The van der Waals surface area contributed by atoms with Gasteiger partial charge in [0.2, 0.25) is 0 Å². The molecular formula is C8H18Bi+. The van der Waals surface area contributed by atoms with Crippen molar-refractivity contribution in [3.05, 3.63) is 0 Å². The second kappa shape index (κ2) is 8.88. The van der Waals surface area contributed by atoms with E-state index in [1.54, 1.807) is 8.26 Å². The summed E-state index contributed by atoms with van der Waals surface area (Å²) in [5.41, 5.74) is 0. The van der Waals surface area contributed by atoms with E-state index in [2.05, 4.69) is 13.8 Å². The molecule has 9 heavy (non-hydrogen) atoms. The van der Waals surface area contributed by atoms with E-state index in [4.69, 9.17) is 0 Å². The molecule has 0 N–H and O–H groups in total. The van der Waals surface area contributed by atoms with E-state index in [9.17, 15) is 0 Å². The van der Waals surface area contributed by atoms with Crippen LogP contribution >= 0.6 is 0 Å². The molecule has 0 atom stereocenters. The monoisotopic (exact) mass is 323 g/mol. The first-order chi connectivity index (χ1) is 4.41. The fourth-order valence-electron chi connectivity index (χ4n) is 0.652. The van der Waals surface area contributed by atoms with Gasteiger partial charge >= 0.3 is 71.0 Å². The van der Waals surface area contributed by atoms with E-state index in [1.807, 2.05) is 0 Å². The van der Waals surface area contributed by atoms with Crippen LogP contribution in [0.2, 0.25) is 8.26 Å². The molecule has 0 rings (SSSR count). The number of hydrogen-bond donors (Lipinski definition) is 0. The van der Waals surface area contributed by atoms with Crippen molar-refractivity contribution >= 4 is 23.2 Å². The van der Waals surface area contributed by atoms with Gasteiger partial charge in [-0.2, -0.15) is 0 Å². The summed E-state index contributed by atoms with van der Waals surface area (Å²) >= 11 is 0.0681. The Kier molecular flexibility index (Phi) is 9.75. The summed E-state index contributed by atoms with van der Waals surface area (Å²) in [7, 11) is 0. The maximum atomic E-state index is 2.29. The van der Waals surface area contributed by atoms with Crippen molar-refractivity contribution in [1.29, 1.82) is 0 Å². The average molecular weight is 323 g/mol. The molecular weight excluding hydrogens is 305 g/mol. The second-order valence-electron chi connectivity index (χ2n) is 2.38. The van der Waals surface area contributed by atoms with Crippen molar-refractivity contribution in [2.45, 2.75) is 47.8 Å². The van der Waals surface area contributed by atoms with Crippen molar-refractivity contribution in [3.8, 4) is 0 Å². The number of hydrogen-bond acceptors (Lipinski definition) is 0. The summed E-state index contributed by atoms with van der Waals surface area (Å²) in [5.74, 6) is 0. The van der Waals surface area contributed by atoms with Crippen molar-refractivity contribution in [2.75, 3.05) is 0 Å². The molecule has 0 unspecified atom stereocenters. The average Bonchev–Trinajstić information content (AvgIpc) is 1.89. The molecule has 0 spiro atoms. The van der Waals surface area contributed by atoms with Gasteiger partial charge in [-0.3, -0.25) is 0 Å². The molecule has 0 nitrogen and oxygen atoms in total. The number of rotatable bonds is 6. The minimum absolute atomic E-state index is 0.0681. The van der Waals surface area contributed by atoms with Crippen LogP contribution in [0.25, 0.3) is 0 Å². The van der Waals surface area contributed by atoms with Crippen LogP contribution < -0.4 is 0 Å². The Bertz CT molecular complexity index is 37.8. The maximum absolute atomic E-state index is 2.29. The summed E-state index contributed by atoms with van der Waals surface area (Å²) in [4.78, 5) is 0. The van der Waals surface area contributed by atoms with Crippen LogP contribution in [-0.4, -0.2) is 23.2 Å². The molecule has 0 heterocycles. The summed E-state index contributed by atoms with van der Waals surface area (Å²) in [6.07, 6.45) is 5.85. The first-order valence-corrected chi connectivity index (χ1v) is 8.96. The molecule has 0 aromatic heterocycles. The minimum atomic E-state index is 0.0681. The van der Waals surface area contributed by atoms with E-state index >= 15 is 0 Å². The van der Waals surface area contributed by atoms with Crippen LogP contribution in [0.4, 0.5) is 0 Å². The van der Waals surface area contributed by atoms with Crippen LogP contribution in [0.1, 0.15) is 39.5 Å². The standard InChI is InChI=1S/2C4H9.Bi/c2*1-3-4-2;/h2*1,3-4H2,2H3;/q;;+1. The summed E-state index contributed by atoms with van der Waals surface area (Å²) in [6.45, 7) is 4.59. The third-order valence-electron chi connectivity index (χ3n) is 1.34. The molecule has 0 aliphatic heterocycles.